The van der Waals surface area contributed by atoms with Gasteiger partial charge in [-0.25, -0.2) is 8.42 Å². The van der Waals surface area contributed by atoms with Gasteiger partial charge in [-0.1, -0.05) is 13.8 Å². The lowest BCUT2D eigenvalue weighted by Gasteiger charge is -2.30. The smallest absolute Gasteiger partial charge is 0.259 e. The molecular formula is C20H25N3O3S. The molecule has 1 aromatic heterocycles. The molecule has 2 aromatic rings. The van der Waals surface area contributed by atoms with E-state index in [4.69, 9.17) is 0 Å². The molecule has 0 unspecified atom stereocenters. The number of rotatable bonds is 5. The second-order valence-corrected chi connectivity index (χ2v) is 8.57. The van der Waals surface area contributed by atoms with E-state index < -0.39 is 10.0 Å². The molecule has 1 aliphatic heterocycles. The number of carbonyl (C=O) groups excluding carboxylic acids is 1. The second-order valence-electron chi connectivity index (χ2n) is 6.63. The molecule has 1 amide bonds. The van der Waals surface area contributed by atoms with Crippen molar-refractivity contribution >= 4 is 21.6 Å². The fourth-order valence-corrected chi connectivity index (χ4v) is 4.92. The third kappa shape index (κ3) is 3.75. The van der Waals surface area contributed by atoms with Gasteiger partial charge in [0.05, 0.1) is 10.5 Å². The van der Waals surface area contributed by atoms with Gasteiger partial charge in [-0.2, -0.15) is 4.31 Å². The quantitative estimate of drug-likeness (QED) is 0.791. The van der Waals surface area contributed by atoms with Crippen molar-refractivity contribution in [1.82, 2.24) is 9.29 Å². The summed E-state index contributed by atoms with van der Waals surface area (Å²) in [7, 11) is -3.51. The predicted octanol–water partition coefficient (Wildman–Crippen LogP) is 3.01. The molecule has 0 fully saturated rings. The molecule has 0 spiro atoms. The number of aromatic nitrogens is 1. The molecule has 1 aromatic carbocycles. The zero-order valence-corrected chi connectivity index (χ0v) is 16.8. The number of amides is 1. The standard InChI is InChI=1S/C20H25N3O3S/c1-4-22(5-2)27(25,26)18-10-11-19-16(13-18)7-6-12-23(19)20(24)17-9-8-15(3)21-14-17/h8-11,13-14H,4-7,12H2,1-3H3. The number of aryl methyl sites for hydroxylation is 2. The SMILES string of the molecule is CCN(CC)S(=O)(=O)c1ccc2c(c1)CCCN2C(=O)c1ccc(C)nc1. The van der Waals surface area contributed by atoms with E-state index >= 15 is 0 Å². The maximum absolute atomic E-state index is 12.9. The summed E-state index contributed by atoms with van der Waals surface area (Å²) in [5.41, 5.74) is 3.07. The maximum atomic E-state index is 12.9. The number of carbonyl (C=O) groups is 1. The van der Waals surface area contributed by atoms with Crippen LogP contribution in [-0.4, -0.2) is 43.2 Å². The van der Waals surface area contributed by atoms with Gasteiger partial charge in [-0.15, -0.1) is 0 Å². The van der Waals surface area contributed by atoms with Gasteiger partial charge in [0, 0.05) is 37.2 Å². The number of sulfonamides is 1. The Morgan fingerprint density at radius 3 is 2.56 bits per heavy atom. The minimum Gasteiger partial charge on any atom is -0.308 e. The van der Waals surface area contributed by atoms with Crippen LogP contribution in [-0.2, 0) is 16.4 Å². The molecule has 0 saturated carbocycles. The van der Waals surface area contributed by atoms with Gasteiger partial charge < -0.3 is 4.90 Å². The number of hydrogen-bond acceptors (Lipinski definition) is 4. The Bertz CT molecular complexity index is 935. The fourth-order valence-electron chi connectivity index (χ4n) is 3.41. The Kier molecular flexibility index (Phi) is 5.62. The molecular weight excluding hydrogens is 362 g/mol. The summed E-state index contributed by atoms with van der Waals surface area (Å²) in [5.74, 6) is -0.109. The molecule has 0 bridgehead atoms. The Morgan fingerprint density at radius 1 is 1.19 bits per heavy atom. The minimum absolute atomic E-state index is 0.109. The van der Waals surface area contributed by atoms with Gasteiger partial charge >= 0.3 is 0 Å². The summed E-state index contributed by atoms with van der Waals surface area (Å²) in [6.45, 7) is 7.01. The first-order valence-electron chi connectivity index (χ1n) is 9.26. The van der Waals surface area contributed by atoms with Crippen LogP contribution in [0.3, 0.4) is 0 Å². The van der Waals surface area contributed by atoms with E-state index in [-0.39, 0.29) is 10.8 Å². The molecule has 2 heterocycles. The van der Waals surface area contributed by atoms with Gasteiger partial charge in [-0.05, 0) is 55.7 Å². The molecule has 7 heteroatoms. The topological polar surface area (TPSA) is 70.6 Å². The Balaban J connectivity index is 1.95. The highest BCUT2D eigenvalue weighted by atomic mass is 32.2. The Morgan fingerprint density at radius 2 is 1.93 bits per heavy atom. The van der Waals surface area contributed by atoms with Crippen LogP contribution in [0, 0.1) is 6.92 Å². The van der Waals surface area contributed by atoms with Gasteiger partial charge in [0.15, 0.2) is 0 Å². The number of nitrogens with zero attached hydrogens (tertiary/aromatic N) is 3. The monoisotopic (exact) mass is 387 g/mol. The van der Waals surface area contributed by atoms with Gasteiger partial charge in [0.25, 0.3) is 5.91 Å². The van der Waals surface area contributed by atoms with Gasteiger partial charge in [0.1, 0.15) is 0 Å². The van der Waals surface area contributed by atoms with Crippen molar-refractivity contribution in [3.05, 3.63) is 53.3 Å². The third-order valence-electron chi connectivity index (χ3n) is 4.92. The van der Waals surface area contributed by atoms with Crippen molar-refractivity contribution in [2.24, 2.45) is 0 Å². The minimum atomic E-state index is -3.51. The summed E-state index contributed by atoms with van der Waals surface area (Å²) < 4.78 is 27.0. The molecule has 0 radical (unpaired) electrons. The van der Waals surface area contributed by atoms with Crippen molar-refractivity contribution in [1.29, 1.82) is 0 Å². The second kappa shape index (κ2) is 7.78. The number of fused-ring (bicyclic) bond motifs is 1. The van der Waals surface area contributed by atoms with E-state index in [2.05, 4.69) is 4.98 Å². The maximum Gasteiger partial charge on any atom is 0.259 e. The van der Waals surface area contributed by atoms with Crippen molar-refractivity contribution in [3.8, 4) is 0 Å². The van der Waals surface area contributed by atoms with Crippen molar-refractivity contribution in [2.75, 3.05) is 24.5 Å². The van der Waals surface area contributed by atoms with Crippen LogP contribution in [0.1, 0.15) is 41.9 Å². The molecule has 1 aliphatic rings. The summed E-state index contributed by atoms with van der Waals surface area (Å²) in [6.07, 6.45) is 3.14. The van der Waals surface area contributed by atoms with E-state index in [0.717, 1.165) is 29.8 Å². The molecule has 0 N–H and O–H groups in total. The van der Waals surface area contributed by atoms with Crippen molar-refractivity contribution in [2.45, 2.75) is 38.5 Å². The van der Waals surface area contributed by atoms with Gasteiger partial charge in [-0.3, -0.25) is 9.78 Å². The number of benzene rings is 1. The Hall–Kier alpha value is -2.25. The van der Waals surface area contributed by atoms with Gasteiger partial charge in [0.2, 0.25) is 10.0 Å². The lowest BCUT2D eigenvalue weighted by Crippen LogP contribution is -2.36. The van der Waals surface area contributed by atoms with Crippen molar-refractivity contribution < 1.29 is 13.2 Å². The molecule has 0 atom stereocenters. The predicted molar refractivity (Wildman–Crippen MR) is 106 cm³/mol. The first-order valence-corrected chi connectivity index (χ1v) is 10.7. The normalized spacial score (nSPS) is 14.3. The molecule has 6 nitrogen and oxygen atoms in total. The summed E-state index contributed by atoms with van der Waals surface area (Å²) in [5, 5.41) is 0. The van der Waals surface area contributed by atoms with Crippen LogP contribution in [0.4, 0.5) is 5.69 Å². The zero-order valence-electron chi connectivity index (χ0n) is 16.0. The van der Waals surface area contributed by atoms with E-state index in [1.165, 1.54) is 4.31 Å². The van der Waals surface area contributed by atoms with E-state index in [9.17, 15) is 13.2 Å². The summed E-state index contributed by atoms with van der Waals surface area (Å²) in [4.78, 5) is 19.1. The lowest BCUT2D eigenvalue weighted by atomic mass is 10.0. The average Bonchev–Trinajstić information content (AvgIpc) is 2.68. The van der Waals surface area contributed by atoms with Crippen LogP contribution >= 0.6 is 0 Å². The average molecular weight is 388 g/mol. The summed E-state index contributed by atoms with van der Waals surface area (Å²) >= 11 is 0. The Labute approximate surface area is 160 Å². The van der Waals surface area contributed by atoms with E-state index in [0.29, 0.717) is 25.2 Å². The number of anilines is 1. The van der Waals surface area contributed by atoms with Crippen LogP contribution in [0.25, 0.3) is 0 Å². The zero-order chi connectivity index (χ0) is 19.6. The van der Waals surface area contributed by atoms with Crippen LogP contribution in [0.5, 0.6) is 0 Å². The molecule has 0 aliphatic carbocycles. The van der Waals surface area contributed by atoms with Crippen LogP contribution < -0.4 is 4.90 Å². The van der Waals surface area contributed by atoms with Crippen molar-refractivity contribution in [3.63, 3.8) is 0 Å². The first kappa shape index (κ1) is 19.5. The number of hydrogen-bond donors (Lipinski definition) is 0. The van der Waals surface area contributed by atoms with Crippen LogP contribution in [0.2, 0.25) is 0 Å². The van der Waals surface area contributed by atoms with E-state index in [1.807, 2.05) is 26.8 Å². The highest BCUT2D eigenvalue weighted by Crippen LogP contribution is 2.31. The molecule has 27 heavy (non-hydrogen) atoms. The summed E-state index contributed by atoms with van der Waals surface area (Å²) in [6, 6.07) is 8.67. The first-order chi connectivity index (χ1) is 12.9. The highest BCUT2D eigenvalue weighted by molar-refractivity contribution is 7.89. The molecule has 144 valence electrons. The molecule has 0 saturated heterocycles. The fraction of sp³-hybridized carbons (Fsp3) is 0.400. The van der Waals surface area contributed by atoms with Crippen LogP contribution in [0.15, 0.2) is 41.4 Å². The third-order valence-corrected chi connectivity index (χ3v) is 6.96. The molecule has 3 rings (SSSR count). The highest BCUT2D eigenvalue weighted by Gasteiger charge is 2.27. The number of pyridine rings is 1. The lowest BCUT2D eigenvalue weighted by molar-refractivity contribution is 0.0984. The largest absolute Gasteiger partial charge is 0.308 e. The van der Waals surface area contributed by atoms with E-state index in [1.54, 1.807) is 35.4 Å².